The first kappa shape index (κ1) is 8.39. The maximum atomic E-state index is 10.1. The van der Waals surface area contributed by atoms with E-state index >= 15 is 0 Å². The highest BCUT2D eigenvalue weighted by Gasteiger charge is 1.91. The second-order valence-electron chi connectivity index (χ2n) is 2.14. The van der Waals surface area contributed by atoms with Crippen molar-refractivity contribution in [3.63, 3.8) is 0 Å². The van der Waals surface area contributed by atoms with E-state index < -0.39 is 6.09 Å². The Hall–Kier alpha value is -1.71. The third-order valence-corrected chi connectivity index (χ3v) is 1.34. The van der Waals surface area contributed by atoms with Crippen molar-refractivity contribution in [2.45, 2.75) is 0 Å². The first-order valence-corrected chi connectivity index (χ1v) is 3.34. The van der Waals surface area contributed by atoms with Gasteiger partial charge in [0, 0.05) is 5.69 Å². The van der Waals surface area contributed by atoms with Gasteiger partial charge in [0.1, 0.15) is 11.8 Å². The molecule has 64 valence electrons. The zero-order chi connectivity index (χ0) is 8.97. The molecule has 0 aliphatic rings. The molecule has 0 aromatic heterocycles. The Morgan fingerprint density at radius 1 is 1.42 bits per heavy atom. The lowest BCUT2D eigenvalue weighted by molar-refractivity contribution is -0.242. The number of anilines is 1. The SMILES string of the molecule is COc1ccc(NC(=O)[O-])cc1. The van der Waals surface area contributed by atoms with Gasteiger partial charge in [-0.2, -0.15) is 0 Å². The second-order valence-corrected chi connectivity index (χ2v) is 2.14. The predicted molar refractivity (Wildman–Crippen MR) is 42.0 cm³/mol. The smallest absolute Gasteiger partial charge is 0.138 e. The van der Waals surface area contributed by atoms with E-state index in [1.54, 1.807) is 31.4 Å². The molecule has 0 saturated heterocycles. The number of hydrogen-bond donors (Lipinski definition) is 1. The van der Waals surface area contributed by atoms with E-state index in [9.17, 15) is 9.90 Å². The summed E-state index contributed by atoms with van der Waals surface area (Å²) in [5.74, 6) is 0.680. The molecule has 0 heterocycles. The van der Waals surface area contributed by atoms with Crippen molar-refractivity contribution < 1.29 is 14.6 Å². The van der Waals surface area contributed by atoms with E-state index in [1.165, 1.54) is 0 Å². The number of ether oxygens (including phenoxy) is 1. The summed E-state index contributed by atoms with van der Waals surface area (Å²) in [4.78, 5) is 10.1. The van der Waals surface area contributed by atoms with Crippen molar-refractivity contribution in [2.24, 2.45) is 0 Å². The monoisotopic (exact) mass is 166 g/mol. The summed E-state index contributed by atoms with van der Waals surface area (Å²) in [6, 6.07) is 6.50. The number of benzene rings is 1. The molecule has 1 N–H and O–H groups in total. The molecule has 0 fully saturated rings. The molecule has 0 aliphatic carbocycles. The van der Waals surface area contributed by atoms with E-state index in [0.29, 0.717) is 11.4 Å². The fourth-order valence-electron chi connectivity index (χ4n) is 0.792. The maximum absolute atomic E-state index is 10.1. The van der Waals surface area contributed by atoms with Crippen LogP contribution in [0.2, 0.25) is 0 Å². The van der Waals surface area contributed by atoms with Crippen LogP contribution in [0.25, 0.3) is 0 Å². The summed E-state index contributed by atoms with van der Waals surface area (Å²) < 4.78 is 4.88. The van der Waals surface area contributed by atoms with Crippen LogP contribution in [0, 0.1) is 0 Å². The molecular weight excluding hydrogens is 158 g/mol. The molecule has 1 rings (SSSR count). The number of carboxylic acid groups (broad SMARTS) is 1. The molecule has 0 saturated carbocycles. The fourth-order valence-corrected chi connectivity index (χ4v) is 0.792. The largest absolute Gasteiger partial charge is 0.530 e. The first-order chi connectivity index (χ1) is 5.72. The summed E-state index contributed by atoms with van der Waals surface area (Å²) in [6.45, 7) is 0. The van der Waals surface area contributed by atoms with Gasteiger partial charge in [-0.05, 0) is 24.3 Å². The second kappa shape index (κ2) is 3.61. The molecule has 0 unspecified atom stereocenters. The quantitative estimate of drug-likeness (QED) is 0.693. The van der Waals surface area contributed by atoms with E-state index in [4.69, 9.17) is 4.74 Å². The molecule has 0 aliphatic heterocycles. The summed E-state index contributed by atoms with van der Waals surface area (Å²) >= 11 is 0. The molecular formula is C8H8NO3-. The molecule has 0 spiro atoms. The summed E-state index contributed by atoms with van der Waals surface area (Å²) in [7, 11) is 1.54. The Labute approximate surface area is 69.8 Å². The minimum absolute atomic E-state index is 0.468. The number of rotatable bonds is 2. The van der Waals surface area contributed by atoms with Gasteiger partial charge >= 0.3 is 0 Å². The molecule has 4 nitrogen and oxygen atoms in total. The number of methoxy groups -OCH3 is 1. The molecule has 0 bridgehead atoms. The lowest BCUT2D eigenvalue weighted by Gasteiger charge is -2.06. The highest BCUT2D eigenvalue weighted by Crippen LogP contribution is 2.14. The van der Waals surface area contributed by atoms with Crippen molar-refractivity contribution in [1.82, 2.24) is 0 Å². The molecule has 1 amide bonds. The van der Waals surface area contributed by atoms with Crippen LogP contribution in [-0.2, 0) is 0 Å². The highest BCUT2D eigenvalue weighted by atomic mass is 16.5. The number of hydrogen-bond acceptors (Lipinski definition) is 3. The molecule has 0 radical (unpaired) electrons. The Kier molecular flexibility index (Phi) is 2.53. The van der Waals surface area contributed by atoms with Gasteiger partial charge in [0.05, 0.1) is 7.11 Å². The molecule has 12 heavy (non-hydrogen) atoms. The van der Waals surface area contributed by atoms with Gasteiger partial charge in [-0.15, -0.1) is 0 Å². The van der Waals surface area contributed by atoms with E-state index in [-0.39, 0.29) is 0 Å². The van der Waals surface area contributed by atoms with Gasteiger partial charge in [0.2, 0.25) is 0 Å². The van der Waals surface area contributed by atoms with Crippen LogP contribution in [0.15, 0.2) is 24.3 Å². The summed E-state index contributed by atoms with van der Waals surface area (Å²) in [5, 5.41) is 12.2. The van der Waals surface area contributed by atoms with E-state index in [0.717, 1.165) is 0 Å². The third-order valence-electron chi connectivity index (χ3n) is 1.34. The maximum Gasteiger partial charge on any atom is 0.138 e. The van der Waals surface area contributed by atoms with Gasteiger partial charge < -0.3 is 20.0 Å². The van der Waals surface area contributed by atoms with Crippen LogP contribution in [0.5, 0.6) is 5.75 Å². The zero-order valence-electron chi connectivity index (χ0n) is 6.53. The standard InChI is InChI=1S/C8H9NO3/c1-12-7-4-2-6(3-5-7)9-8(10)11/h2-5,9H,1H3,(H,10,11)/p-1. The number of carbonyl (C=O) groups is 1. The highest BCUT2D eigenvalue weighted by molar-refractivity contribution is 5.81. The van der Waals surface area contributed by atoms with Crippen LogP contribution in [0.4, 0.5) is 10.5 Å². The number of carbonyl (C=O) groups excluding carboxylic acids is 1. The third kappa shape index (κ3) is 2.16. The van der Waals surface area contributed by atoms with Gasteiger partial charge in [0.25, 0.3) is 0 Å². The summed E-state index contributed by atoms with van der Waals surface area (Å²) in [6.07, 6.45) is -1.32. The molecule has 1 aromatic rings. The Morgan fingerprint density at radius 3 is 2.42 bits per heavy atom. The first-order valence-electron chi connectivity index (χ1n) is 3.34. The normalized spacial score (nSPS) is 9.08. The van der Waals surface area contributed by atoms with Crippen LogP contribution >= 0.6 is 0 Å². The zero-order valence-corrected chi connectivity index (χ0v) is 6.53. The van der Waals surface area contributed by atoms with Crippen LogP contribution in [0.3, 0.4) is 0 Å². The van der Waals surface area contributed by atoms with Crippen LogP contribution < -0.4 is 15.2 Å². The van der Waals surface area contributed by atoms with E-state index in [1.807, 2.05) is 0 Å². The van der Waals surface area contributed by atoms with Gasteiger partial charge in [0.15, 0.2) is 0 Å². The molecule has 4 heteroatoms. The molecule has 0 atom stereocenters. The van der Waals surface area contributed by atoms with Gasteiger partial charge in [-0.3, -0.25) is 0 Å². The van der Waals surface area contributed by atoms with Crippen molar-refractivity contribution in [1.29, 1.82) is 0 Å². The van der Waals surface area contributed by atoms with Crippen molar-refractivity contribution in [2.75, 3.05) is 12.4 Å². The predicted octanol–water partition coefficient (Wildman–Crippen LogP) is 0.450. The topological polar surface area (TPSA) is 61.4 Å². The minimum Gasteiger partial charge on any atom is -0.530 e. The fraction of sp³-hybridized carbons (Fsp3) is 0.125. The Bertz CT molecular complexity index is 268. The lowest BCUT2D eigenvalue weighted by Crippen LogP contribution is -2.28. The van der Waals surface area contributed by atoms with Crippen molar-refractivity contribution >= 4 is 11.8 Å². The Morgan fingerprint density at radius 2 is 2.00 bits per heavy atom. The number of nitrogens with one attached hydrogen (secondary N) is 1. The van der Waals surface area contributed by atoms with Crippen LogP contribution in [-0.4, -0.2) is 13.2 Å². The van der Waals surface area contributed by atoms with Gasteiger partial charge in [-0.25, -0.2) is 0 Å². The van der Waals surface area contributed by atoms with Crippen molar-refractivity contribution in [3.05, 3.63) is 24.3 Å². The summed E-state index contributed by atoms with van der Waals surface area (Å²) in [5.41, 5.74) is 0.468. The van der Waals surface area contributed by atoms with Gasteiger partial charge in [-0.1, -0.05) is 0 Å². The van der Waals surface area contributed by atoms with Crippen molar-refractivity contribution in [3.8, 4) is 5.75 Å². The average Bonchev–Trinajstić information content (AvgIpc) is 2.05. The minimum atomic E-state index is -1.32. The van der Waals surface area contributed by atoms with Crippen LogP contribution in [0.1, 0.15) is 0 Å². The van der Waals surface area contributed by atoms with E-state index in [2.05, 4.69) is 5.32 Å². The average molecular weight is 166 g/mol. The molecule has 1 aromatic carbocycles. The number of amides is 1. The lowest BCUT2D eigenvalue weighted by atomic mass is 10.3. The Balaban J connectivity index is 2.71.